The molecule has 0 aliphatic heterocycles. The van der Waals surface area contributed by atoms with Crippen LogP contribution < -0.4 is 0 Å². The van der Waals surface area contributed by atoms with Crippen molar-refractivity contribution in [1.82, 2.24) is 0 Å². The Balaban J connectivity index is 3.34. The Bertz CT molecular complexity index is 313. The third kappa shape index (κ3) is 1.66. The van der Waals surface area contributed by atoms with Crippen molar-refractivity contribution in [2.24, 2.45) is 0 Å². The minimum atomic E-state index is -0.575. The maximum absolute atomic E-state index is 10.3. The Kier molecular flexibility index (Phi) is 2.74. The van der Waals surface area contributed by atoms with Gasteiger partial charge in [-0.2, -0.15) is 0 Å². The molecule has 0 aliphatic carbocycles. The zero-order valence-electron chi connectivity index (χ0n) is 4.81. The van der Waals surface area contributed by atoms with Gasteiger partial charge in [0.1, 0.15) is 8.81 Å². The van der Waals surface area contributed by atoms with Crippen molar-refractivity contribution in [3.05, 3.63) is 23.3 Å². The summed E-state index contributed by atoms with van der Waals surface area (Å²) in [5.41, 5.74) is -0.165. The fourth-order valence-corrected chi connectivity index (χ4v) is 2.79. The van der Waals surface area contributed by atoms with E-state index in [2.05, 4.69) is 15.9 Å². The molecule has 60 valence electrons. The summed E-state index contributed by atoms with van der Waals surface area (Å²) < 4.78 is 0.632. The molecule has 0 unspecified atom stereocenters. The van der Waals surface area contributed by atoms with Crippen LogP contribution in [0.2, 0.25) is 8.67 Å². The maximum Gasteiger partial charge on any atom is 0.314 e. The Morgan fingerprint density at radius 3 is 2.18 bits per heavy atom. The van der Waals surface area contributed by atoms with Crippen molar-refractivity contribution in [2.45, 2.75) is 0 Å². The molecule has 1 heterocycles. The van der Waals surface area contributed by atoms with Crippen molar-refractivity contribution >= 4 is 56.2 Å². The van der Waals surface area contributed by atoms with Crippen LogP contribution in [-0.2, 0) is 0 Å². The Morgan fingerprint density at radius 2 is 2.00 bits per heavy atom. The van der Waals surface area contributed by atoms with E-state index >= 15 is 0 Å². The lowest BCUT2D eigenvalue weighted by molar-refractivity contribution is -0.385. The highest BCUT2D eigenvalue weighted by Crippen LogP contribution is 2.45. The van der Waals surface area contributed by atoms with E-state index in [1.807, 2.05) is 0 Å². The molecular weight excluding hydrogens is 277 g/mol. The lowest BCUT2D eigenvalue weighted by atomic mass is 10.5. The van der Waals surface area contributed by atoms with Gasteiger partial charge >= 0.3 is 5.69 Å². The molecule has 11 heavy (non-hydrogen) atoms. The number of halogens is 3. The third-order valence-electron chi connectivity index (χ3n) is 0.928. The molecule has 1 aromatic heterocycles. The molecular formula is C4BrCl2NO2S. The van der Waals surface area contributed by atoms with E-state index < -0.39 is 4.92 Å². The molecule has 0 radical (unpaired) electrons. The van der Waals surface area contributed by atoms with Crippen molar-refractivity contribution < 1.29 is 4.92 Å². The van der Waals surface area contributed by atoms with Crippen LogP contribution in [0.25, 0.3) is 0 Å². The number of hydrogen-bond donors (Lipinski definition) is 0. The predicted molar refractivity (Wildman–Crippen MR) is 48.7 cm³/mol. The van der Waals surface area contributed by atoms with Crippen LogP contribution >= 0.6 is 50.5 Å². The molecule has 0 amide bonds. The van der Waals surface area contributed by atoms with E-state index in [-0.39, 0.29) is 14.5 Å². The van der Waals surface area contributed by atoms with E-state index in [0.717, 1.165) is 11.3 Å². The van der Waals surface area contributed by atoms with E-state index in [0.29, 0.717) is 4.34 Å². The molecule has 0 aliphatic rings. The summed E-state index contributed by atoms with van der Waals surface area (Å²) in [6.07, 6.45) is 0. The zero-order valence-corrected chi connectivity index (χ0v) is 8.72. The van der Waals surface area contributed by atoms with E-state index in [1.54, 1.807) is 0 Å². The van der Waals surface area contributed by atoms with Crippen LogP contribution in [0.1, 0.15) is 0 Å². The van der Waals surface area contributed by atoms with Gasteiger partial charge in [-0.15, -0.1) is 11.3 Å². The van der Waals surface area contributed by atoms with Gasteiger partial charge in [-0.3, -0.25) is 10.1 Å². The second kappa shape index (κ2) is 3.26. The fourth-order valence-electron chi connectivity index (χ4n) is 0.503. The van der Waals surface area contributed by atoms with Crippen molar-refractivity contribution in [1.29, 1.82) is 0 Å². The van der Waals surface area contributed by atoms with Gasteiger partial charge in [0.2, 0.25) is 0 Å². The van der Waals surface area contributed by atoms with Crippen molar-refractivity contribution in [3.63, 3.8) is 0 Å². The fraction of sp³-hybridized carbons (Fsp3) is 0. The zero-order chi connectivity index (χ0) is 8.59. The lowest BCUT2D eigenvalue weighted by Gasteiger charge is -1.85. The minimum absolute atomic E-state index is 0.0897. The molecule has 0 spiro atoms. The van der Waals surface area contributed by atoms with Gasteiger partial charge in [0, 0.05) is 0 Å². The standard InChI is InChI=1S/C4BrCl2NO2S/c5-1-2(8(9)10)4(7)11-3(1)6. The molecule has 3 nitrogen and oxygen atoms in total. The van der Waals surface area contributed by atoms with Gasteiger partial charge in [-0.25, -0.2) is 0 Å². The normalized spacial score (nSPS) is 10.1. The van der Waals surface area contributed by atoms with Gasteiger partial charge in [0.05, 0.1) is 4.92 Å². The second-order valence-electron chi connectivity index (χ2n) is 1.57. The van der Waals surface area contributed by atoms with Gasteiger partial charge in [-0.05, 0) is 15.9 Å². The van der Waals surface area contributed by atoms with Gasteiger partial charge in [0.15, 0.2) is 4.34 Å². The Labute approximate surface area is 84.2 Å². The van der Waals surface area contributed by atoms with E-state index in [1.165, 1.54) is 0 Å². The Morgan fingerprint density at radius 1 is 1.45 bits per heavy atom. The molecule has 0 atom stereocenters. The van der Waals surface area contributed by atoms with Gasteiger partial charge in [-0.1, -0.05) is 23.2 Å². The highest BCUT2D eigenvalue weighted by Gasteiger charge is 2.23. The molecule has 7 heteroatoms. The number of thiophene rings is 1. The summed E-state index contributed by atoms with van der Waals surface area (Å²) in [5.74, 6) is 0. The predicted octanol–water partition coefficient (Wildman–Crippen LogP) is 3.73. The maximum atomic E-state index is 10.3. The first-order valence-electron chi connectivity index (χ1n) is 2.31. The summed E-state index contributed by atoms with van der Waals surface area (Å²) in [5, 5.41) is 10.3. The van der Waals surface area contributed by atoms with Crippen LogP contribution in [0.3, 0.4) is 0 Å². The number of rotatable bonds is 1. The van der Waals surface area contributed by atoms with Crippen LogP contribution in [0, 0.1) is 10.1 Å². The van der Waals surface area contributed by atoms with Crippen LogP contribution in [0.5, 0.6) is 0 Å². The number of nitro groups is 1. The highest BCUT2D eigenvalue weighted by molar-refractivity contribution is 9.10. The second-order valence-corrected chi connectivity index (χ2v) is 4.59. The summed E-state index contributed by atoms with van der Waals surface area (Å²) in [4.78, 5) is 9.72. The molecule has 0 bridgehead atoms. The first kappa shape index (κ1) is 9.25. The molecule has 0 saturated heterocycles. The smallest absolute Gasteiger partial charge is 0.258 e. The first-order valence-corrected chi connectivity index (χ1v) is 4.68. The number of nitrogens with zero attached hydrogens (tertiary/aromatic N) is 1. The molecule has 0 saturated carbocycles. The first-order chi connectivity index (χ1) is 5.04. The number of hydrogen-bond acceptors (Lipinski definition) is 3. The summed E-state index contributed by atoms with van der Waals surface area (Å²) in [6.45, 7) is 0. The lowest BCUT2D eigenvalue weighted by Crippen LogP contribution is -1.85. The van der Waals surface area contributed by atoms with Crippen molar-refractivity contribution in [2.75, 3.05) is 0 Å². The van der Waals surface area contributed by atoms with E-state index in [4.69, 9.17) is 23.2 Å². The van der Waals surface area contributed by atoms with Crippen molar-refractivity contribution in [3.8, 4) is 0 Å². The topological polar surface area (TPSA) is 43.1 Å². The average Bonchev–Trinajstić information content (AvgIpc) is 2.07. The van der Waals surface area contributed by atoms with Crippen LogP contribution in [0.4, 0.5) is 5.69 Å². The SMILES string of the molecule is O=[N+]([O-])c1c(Cl)sc(Cl)c1Br. The van der Waals surface area contributed by atoms with Gasteiger partial charge < -0.3 is 0 Å². The van der Waals surface area contributed by atoms with Gasteiger partial charge in [0.25, 0.3) is 0 Å². The van der Waals surface area contributed by atoms with Crippen LogP contribution in [0.15, 0.2) is 4.47 Å². The minimum Gasteiger partial charge on any atom is -0.258 e. The largest absolute Gasteiger partial charge is 0.314 e. The highest BCUT2D eigenvalue weighted by atomic mass is 79.9. The summed E-state index contributed by atoms with van der Waals surface area (Å²) in [7, 11) is 0. The summed E-state index contributed by atoms with van der Waals surface area (Å²) in [6, 6.07) is 0. The molecule has 0 aromatic carbocycles. The molecule has 0 N–H and O–H groups in total. The quantitative estimate of drug-likeness (QED) is 0.579. The summed E-state index contributed by atoms with van der Waals surface area (Å²) >= 11 is 15.0. The van der Waals surface area contributed by atoms with E-state index in [9.17, 15) is 10.1 Å². The van der Waals surface area contributed by atoms with Crippen LogP contribution in [-0.4, -0.2) is 4.92 Å². The molecule has 0 fully saturated rings. The Hall–Kier alpha value is 0.160. The molecule has 1 rings (SSSR count). The average molecular weight is 277 g/mol. The molecule has 1 aromatic rings. The third-order valence-corrected chi connectivity index (χ3v) is 3.78. The monoisotopic (exact) mass is 275 g/mol.